The number of ether oxygens (including phenoxy) is 1. The first-order valence-corrected chi connectivity index (χ1v) is 6.17. The highest BCUT2D eigenvalue weighted by molar-refractivity contribution is 5.85. The molecule has 2 N–H and O–H groups in total. The van der Waals surface area contributed by atoms with Crippen molar-refractivity contribution in [2.45, 2.75) is 31.8 Å². The summed E-state index contributed by atoms with van der Waals surface area (Å²) < 4.78 is 10.6. The summed E-state index contributed by atoms with van der Waals surface area (Å²) in [5.74, 6) is 1.39. The van der Waals surface area contributed by atoms with Gasteiger partial charge < -0.3 is 15.0 Å². The van der Waals surface area contributed by atoms with Crippen LogP contribution in [0.4, 0.5) is 6.01 Å². The number of nitrogen functional groups attached to an aromatic ring is 1. The van der Waals surface area contributed by atoms with Crippen LogP contribution in [0, 0.1) is 0 Å². The van der Waals surface area contributed by atoms with E-state index in [1.807, 2.05) is 24.3 Å². The second kappa shape index (κ2) is 5.93. The lowest BCUT2D eigenvalue weighted by atomic mass is 10.2. The van der Waals surface area contributed by atoms with Gasteiger partial charge in [-0.25, -0.2) is 0 Å². The molecule has 1 aromatic heterocycles. The maximum absolute atomic E-state index is 5.88. The average Bonchev–Trinajstić information content (AvgIpc) is 3.02. The van der Waals surface area contributed by atoms with E-state index >= 15 is 0 Å². The van der Waals surface area contributed by atoms with Crippen LogP contribution in [0.25, 0.3) is 11.4 Å². The van der Waals surface area contributed by atoms with Crippen molar-refractivity contribution in [2.24, 2.45) is 0 Å². The first-order valence-electron chi connectivity index (χ1n) is 6.17. The Morgan fingerprint density at radius 3 is 2.42 bits per heavy atom. The molecule has 5 nitrogen and oxygen atoms in total. The third kappa shape index (κ3) is 3.17. The number of nitrogens with two attached hydrogens (primary N) is 1. The molecule has 0 unspecified atom stereocenters. The first-order chi connectivity index (χ1) is 8.81. The maximum Gasteiger partial charge on any atom is 0.319 e. The quantitative estimate of drug-likeness (QED) is 0.936. The van der Waals surface area contributed by atoms with E-state index in [4.69, 9.17) is 15.0 Å². The molecule has 2 aromatic rings. The normalized spacial score (nSPS) is 15.2. The lowest BCUT2D eigenvalue weighted by Crippen LogP contribution is -2.10. The fraction of sp³-hybridized carbons (Fsp3) is 0.385. The van der Waals surface area contributed by atoms with Gasteiger partial charge in [0.1, 0.15) is 5.75 Å². The van der Waals surface area contributed by atoms with Crippen LogP contribution >= 0.6 is 12.4 Å². The van der Waals surface area contributed by atoms with Crippen LogP contribution in [0.15, 0.2) is 28.8 Å². The molecule has 1 aliphatic carbocycles. The molecule has 102 valence electrons. The molecule has 0 atom stereocenters. The Morgan fingerprint density at radius 2 is 1.84 bits per heavy atom. The number of hydrogen-bond donors (Lipinski definition) is 1. The van der Waals surface area contributed by atoms with Crippen molar-refractivity contribution < 1.29 is 9.26 Å². The van der Waals surface area contributed by atoms with E-state index in [-0.39, 0.29) is 18.4 Å². The summed E-state index contributed by atoms with van der Waals surface area (Å²) in [6.45, 7) is 0. The molecule has 1 aliphatic rings. The van der Waals surface area contributed by atoms with Crippen LogP contribution in [0.1, 0.15) is 25.7 Å². The second-order valence-electron chi connectivity index (χ2n) is 4.50. The van der Waals surface area contributed by atoms with E-state index in [1.165, 1.54) is 12.8 Å². The molecular weight excluding hydrogens is 266 g/mol. The van der Waals surface area contributed by atoms with Crippen molar-refractivity contribution in [2.75, 3.05) is 5.73 Å². The maximum atomic E-state index is 5.88. The molecule has 19 heavy (non-hydrogen) atoms. The summed E-state index contributed by atoms with van der Waals surface area (Å²) in [4.78, 5) is 3.97. The van der Waals surface area contributed by atoms with Crippen LogP contribution < -0.4 is 10.5 Å². The predicted octanol–water partition coefficient (Wildman–Crippen LogP) is 3.06. The van der Waals surface area contributed by atoms with Crippen LogP contribution in [-0.4, -0.2) is 16.2 Å². The molecule has 0 amide bonds. The summed E-state index contributed by atoms with van der Waals surface area (Å²) in [6, 6.07) is 7.76. The van der Waals surface area contributed by atoms with Crippen molar-refractivity contribution in [1.82, 2.24) is 10.1 Å². The van der Waals surface area contributed by atoms with Crippen LogP contribution in [0.3, 0.4) is 0 Å². The number of benzene rings is 1. The zero-order valence-electron chi connectivity index (χ0n) is 10.4. The zero-order valence-corrected chi connectivity index (χ0v) is 11.2. The number of nitrogens with zero attached hydrogens (tertiary/aromatic N) is 2. The van der Waals surface area contributed by atoms with Gasteiger partial charge in [0, 0.05) is 5.56 Å². The minimum atomic E-state index is 0. The number of hydrogen-bond acceptors (Lipinski definition) is 5. The number of rotatable bonds is 3. The minimum absolute atomic E-state index is 0. The van der Waals surface area contributed by atoms with Gasteiger partial charge in [-0.05, 0) is 49.9 Å². The van der Waals surface area contributed by atoms with Gasteiger partial charge in [-0.15, -0.1) is 12.4 Å². The molecule has 0 spiro atoms. The summed E-state index contributed by atoms with van der Waals surface area (Å²) >= 11 is 0. The summed E-state index contributed by atoms with van der Waals surface area (Å²) in [5.41, 5.74) is 6.26. The SMILES string of the molecule is Cl.Nc1nc(-c2ccc(OC3CCCC3)cc2)no1. The number of anilines is 1. The lowest BCUT2D eigenvalue weighted by molar-refractivity contribution is 0.210. The Bertz CT molecular complexity index is 521. The molecule has 0 radical (unpaired) electrons. The monoisotopic (exact) mass is 281 g/mol. The van der Waals surface area contributed by atoms with Crippen LogP contribution in [0.5, 0.6) is 5.75 Å². The van der Waals surface area contributed by atoms with Gasteiger partial charge in [-0.2, -0.15) is 4.98 Å². The highest BCUT2D eigenvalue weighted by Gasteiger charge is 2.16. The molecule has 6 heteroatoms. The molecule has 0 aliphatic heterocycles. The van der Waals surface area contributed by atoms with Crippen molar-refractivity contribution in [3.63, 3.8) is 0 Å². The Hall–Kier alpha value is -1.75. The largest absolute Gasteiger partial charge is 0.490 e. The number of aromatic nitrogens is 2. The fourth-order valence-electron chi connectivity index (χ4n) is 2.23. The summed E-state index contributed by atoms with van der Waals surface area (Å²) in [5, 5.41) is 3.77. The van der Waals surface area contributed by atoms with E-state index in [0.29, 0.717) is 11.9 Å². The predicted molar refractivity (Wildman–Crippen MR) is 74.3 cm³/mol. The van der Waals surface area contributed by atoms with Gasteiger partial charge in [-0.1, -0.05) is 5.16 Å². The number of halogens is 1. The third-order valence-electron chi connectivity index (χ3n) is 3.16. The van der Waals surface area contributed by atoms with Gasteiger partial charge >= 0.3 is 6.01 Å². The molecule has 1 saturated carbocycles. The topological polar surface area (TPSA) is 74.2 Å². The standard InChI is InChI=1S/C13H15N3O2.ClH/c14-13-15-12(16-18-13)9-5-7-11(8-6-9)17-10-3-1-2-4-10;/h5-8,10H,1-4H2,(H2,14,15,16);1H. The molecular formula is C13H16ClN3O2. The molecule has 0 bridgehead atoms. The minimum Gasteiger partial charge on any atom is -0.490 e. The van der Waals surface area contributed by atoms with Gasteiger partial charge in [0.2, 0.25) is 5.82 Å². The summed E-state index contributed by atoms with van der Waals surface area (Å²) in [6.07, 6.45) is 5.22. The van der Waals surface area contributed by atoms with Gasteiger partial charge in [-0.3, -0.25) is 0 Å². The highest BCUT2D eigenvalue weighted by Crippen LogP contribution is 2.26. The van der Waals surface area contributed by atoms with E-state index in [9.17, 15) is 0 Å². The molecule has 3 rings (SSSR count). The average molecular weight is 282 g/mol. The molecule has 0 saturated heterocycles. The van der Waals surface area contributed by atoms with E-state index in [0.717, 1.165) is 24.2 Å². The fourth-order valence-corrected chi connectivity index (χ4v) is 2.23. The van der Waals surface area contributed by atoms with Crippen molar-refractivity contribution in [3.8, 4) is 17.1 Å². The van der Waals surface area contributed by atoms with Gasteiger partial charge in [0.15, 0.2) is 0 Å². The van der Waals surface area contributed by atoms with Crippen molar-refractivity contribution in [1.29, 1.82) is 0 Å². The van der Waals surface area contributed by atoms with Crippen molar-refractivity contribution >= 4 is 18.4 Å². The van der Waals surface area contributed by atoms with Crippen LogP contribution in [0.2, 0.25) is 0 Å². The first kappa shape index (κ1) is 13.7. The Labute approximate surface area is 117 Å². The smallest absolute Gasteiger partial charge is 0.319 e. The molecule has 1 fully saturated rings. The zero-order chi connectivity index (χ0) is 12.4. The Kier molecular flexibility index (Phi) is 4.27. The van der Waals surface area contributed by atoms with Crippen molar-refractivity contribution in [3.05, 3.63) is 24.3 Å². The van der Waals surface area contributed by atoms with E-state index in [2.05, 4.69) is 10.1 Å². The summed E-state index contributed by atoms with van der Waals surface area (Å²) in [7, 11) is 0. The van der Waals surface area contributed by atoms with Gasteiger partial charge in [0.25, 0.3) is 0 Å². The van der Waals surface area contributed by atoms with E-state index in [1.54, 1.807) is 0 Å². The highest BCUT2D eigenvalue weighted by atomic mass is 35.5. The second-order valence-corrected chi connectivity index (χ2v) is 4.50. The van der Waals surface area contributed by atoms with E-state index < -0.39 is 0 Å². The van der Waals surface area contributed by atoms with Gasteiger partial charge in [0.05, 0.1) is 6.10 Å². The third-order valence-corrected chi connectivity index (χ3v) is 3.16. The Morgan fingerprint density at radius 1 is 1.16 bits per heavy atom. The Balaban J connectivity index is 0.00000133. The molecule has 1 heterocycles. The van der Waals surface area contributed by atoms with Crippen LogP contribution in [-0.2, 0) is 0 Å². The molecule has 1 aromatic carbocycles. The lowest BCUT2D eigenvalue weighted by Gasteiger charge is -2.12.